The van der Waals surface area contributed by atoms with Crippen molar-refractivity contribution in [1.29, 1.82) is 10.5 Å². The van der Waals surface area contributed by atoms with Crippen molar-refractivity contribution in [2.45, 2.75) is 51.3 Å². The van der Waals surface area contributed by atoms with E-state index in [2.05, 4.69) is 77.6 Å². The number of halogens is 1. The van der Waals surface area contributed by atoms with Gasteiger partial charge in [0.15, 0.2) is 11.5 Å². The van der Waals surface area contributed by atoms with Crippen LogP contribution in [-0.2, 0) is 11.5 Å². The maximum absolute atomic E-state index is 9.65. The molecule has 0 unspecified atom stereocenters. The first kappa shape index (κ1) is 27.9. The van der Waals surface area contributed by atoms with E-state index >= 15 is 0 Å². The van der Waals surface area contributed by atoms with Gasteiger partial charge in [0.05, 0.1) is 36.6 Å². The SMILES string of the molecule is C[Si](C)(C)CCOCn1ccc2c(-c3cnn([C@@H](CC#N)[C@H]4CCN(c5ncc(Br)nc5C#N)C4)c3)ncnc21. The van der Waals surface area contributed by atoms with Gasteiger partial charge in [-0.05, 0) is 34.5 Å². The Labute approximate surface area is 242 Å². The van der Waals surface area contributed by atoms with E-state index in [1.807, 2.05) is 27.7 Å². The van der Waals surface area contributed by atoms with E-state index < -0.39 is 8.07 Å². The highest BCUT2D eigenvalue weighted by molar-refractivity contribution is 9.10. The molecule has 1 aliphatic heterocycles. The monoisotopic (exact) mass is 618 g/mol. The van der Waals surface area contributed by atoms with E-state index in [4.69, 9.17) is 4.74 Å². The third-order valence-corrected chi connectivity index (χ3v) is 9.28. The molecular weight excluding hydrogens is 588 g/mol. The summed E-state index contributed by atoms with van der Waals surface area (Å²) in [5.41, 5.74) is 2.77. The number of nitrogens with zero attached hydrogens (tertiary/aromatic N) is 10. The van der Waals surface area contributed by atoms with Crippen LogP contribution in [0, 0.1) is 28.6 Å². The summed E-state index contributed by atoms with van der Waals surface area (Å²) in [6, 6.07) is 7.47. The van der Waals surface area contributed by atoms with Crippen molar-refractivity contribution in [1.82, 2.24) is 34.3 Å². The summed E-state index contributed by atoms with van der Waals surface area (Å²) < 4.78 is 10.4. The highest BCUT2D eigenvalue weighted by Crippen LogP contribution is 2.34. The van der Waals surface area contributed by atoms with Gasteiger partial charge in [-0.3, -0.25) is 4.68 Å². The minimum absolute atomic E-state index is 0.126. The lowest BCUT2D eigenvalue weighted by atomic mass is 9.96. The molecule has 40 heavy (non-hydrogen) atoms. The van der Waals surface area contributed by atoms with Gasteiger partial charge in [0.1, 0.15) is 29.4 Å². The van der Waals surface area contributed by atoms with E-state index in [1.54, 1.807) is 18.7 Å². The Balaban J connectivity index is 1.34. The van der Waals surface area contributed by atoms with Gasteiger partial charge < -0.3 is 14.2 Å². The van der Waals surface area contributed by atoms with Crippen LogP contribution < -0.4 is 4.90 Å². The normalized spacial score (nSPS) is 16.2. The smallest absolute Gasteiger partial charge is 0.184 e. The first-order valence-electron chi connectivity index (χ1n) is 13.2. The van der Waals surface area contributed by atoms with E-state index in [0.29, 0.717) is 30.1 Å². The van der Waals surface area contributed by atoms with Crippen molar-refractivity contribution in [2.24, 2.45) is 5.92 Å². The van der Waals surface area contributed by atoms with Gasteiger partial charge in [-0.15, -0.1) is 0 Å². The van der Waals surface area contributed by atoms with Crippen LogP contribution in [0.5, 0.6) is 0 Å². The Morgan fingerprint density at radius 1 is 1.20 bits per heavy atom. The Morgan fingerprint density at radius 3 is 2.83 bits per heavy atom. The molecular formula is C27H31BrN10OSi. The van der Waals surface area contributed by atoms with Crippen molar-refractivity contribution < 1.29 is 4.74 Å². The molecule has 4 aromatic rings. The highest BCUT2D eigenvalue weighted by atomic mass is 79.9. The van der Waals surface area contributed by atoms with Gasteiger partial charge in [0, 0.05) is 57.0 Å². The number of hydrogen-bond donors (Lipinski definition) is 0. The highest BCUT2D eigenvalue weighted by Gasteiger charge is 2.33. The van der Waals surface area contributed by atoms with Crippen LogP contribution in [0.2, 0.25) is 25.7 Å². The molecule has 0 aromatic carbocycles. The van der Waals surface area contributed by atoms with Crippen LogP contribution in [0.15, 0.2) is 41.8 Å². The summed E-state index contributed by atoms with van der Waals surface area (Å²) in [5.74, 6) is 0.728. The van der Waals surface area contributed by atoms with Crippen LogP contribution in [-0.4, -0.2) is 62.1 Å². The summed E-state index contributed by atoms with van der Waals surface area (Å²) in [4.78, 5) is 19.9. The molecule has 2 atom stereocenters. The molecule has 0 aliphatic carbocycles. The molecule has 0 bridgehead atoms. The summed E-state index contributed by atoms with van der Waals surface area (Å²) in [7, 11) is -1.15. The molecule has 0 radical (unpaired) electrons. The third-order valence-electron chi connectivity index (χ3n) is 7.20. The van der Waals surface area contributed by atoms with E-state index in [-0.39, 0.29) is 17.7 Å². The summed E-state index contributed by atoms with van der Waals surface area (Å²) in [6.07, 6.45) is 10.1. The van der Waals surface area contributed by atoms with Crippen LogP contribution in [0.3, 0.4) is 0 Å². The molecule has 1 aliphatic rings. The number of hydrogen-bond acceptors (Lipinski definition) is 9. The van der Waals surface area contributed by atoms with Gasteiger partial charge in [0.25, 0.3) is 0 Å². The first-order chi connectivity index (χ1) is 19.3. The van der Waals surface area contributed by atoms with E-state index in [0.717, 1.165) is 47.9 Å². The maximum atomic E-state index is 9.65. The second kappa shape index (κ2) is 11.8. The van der Waals surface area contributed by atoms with E-state index in [9.17, 15) is 10.5 Å². The zero-order valence-corrected chi connectivity index (χ0v) is 25.4. The van der Waals surface area contributed by atoms with Crippen molar-refractivity contribution in [2.75, 3.05) is 24.6 Å². The summed E-state index contributed by atoms with van der Waals surface area (Å²) >= 11 is 3.28. The molecule has 1 fully saturated rings. The standard InChI is InChI=1S/C27H31BrN10OSi/c1-40(2,3)11-10-39-18-37-9-6-21-25(32-17-33-26(21)37)20-13-34-38(16-20)23(4-7-29)19-5-8-36(15-19)27-22(12-30)35-24(28)14-31-27/h6,9,13-14,16-17,19,23H,4-5,8,10-11,15,18H2,1-3H3/t19-,23-/m0/s1. The zero-order valence-electron chi connectivity index (χ0n) is 22.8. The van der Waals surface area contributed by atoms with Gasteiger partial charge in [0.2, 0.25) is 0 Å². The maximum Gasteiger partial charge on any atom is 0.184 e. The number of fused-ring (bicyclic) bond motifs is 1. The second-order valence-corrected chi connectivity index (χ2v) is 17.6. The Bertz CT molecular complexity index is 1580. The minimum Gasteiger partial charge on any atom is -0.361 e. The molecule has 0 amide bonds. The zero-order chi connectivity index (χ0) is 28.3. The van der Waals surface area contributed by atoms with Gasteiger partial charge in [-0.1, -0.05) is 19.6 Å². The molecule has 0 saturated carbocycles. The quantitative estimate of drug-likeness (QED) is 0.177. The predicted molar refractivity (Wildman–Crippen MR) is 157 cm³/mol. The average molecular weight is 620 g/mol. The second-order valence-electron chi connectivity index (χ2n) is 11.2. The van der Waals surface area contributed by atoms with Crippen molar-refractivity contribution >= 4 is 40.9 Å². The Morgan fingerprint density at radius 2 is 2.05 bits per heavy atom. The largest absolute Gasteiger partial charge is 0.361 e. The number of ether oxygens (including phenoxy) is 1. The molecule has 0 N–H and O–H groups in total. The van der Waals surface area contributed by atoms with Crippen molar-refractivity contribution in [3.8, 4) is 23.4 Å². The molecule has 4 aromatic heterocycles. The number of rotatable bonds is 10. The Kier molecular flexibility index (Phi) is 8.26. The van der Waals surface area contributed by atoms with Gasteiger partial charge in [-0.25, -0.2) is 19.9 Å². The Hall–Kier alpha value is -3.65. The molecule has 206 valence electrons. The molecule has 13 heteroatoms. The van der Waals surface area contributed by atoms with Gasteiger partial charge in [-0.2, -0.15) is 15.6 Å². The van der Waals surface area contributed by atoms with E-state index in [1.165, 1.54) is 0 Å². The first-order valence-corrected chi connectivity index (χ1v) is 17.7. The number of anilines is 1. The fourth-order valence-corrected chi connectivity index (χ4v) is 6.09. The summed E-state index contributed by atoms with van der Waals surface area (Å²) in [6.45, 7) is 9.59. The lowest BCUT2D eigenvalue weighted by Gasteiger charge is -2.23. The van der Waals surface area contributed by atoms with Gasteiger partial charge >= 0.3 is 0 Å². The van der Waals surface area contributed by atoms with Crippen molar-refractivity contribution in [3.63, 3.8) is 0 Å². The fraction of sp³-hybridized carbons (Fsp3) is 0.444. The number of aromatic nitrogens is 7. The fourth-order valence-electron chi connectivity index (χ4n) is 5.05. The van der Waals surface area contributed by atoms with Crippen LogP contribution >= 0.6 is 15.9 Å². The molecule has 11 nitrogen and oxygen atoms in total. The molecule has 0 spiro atoms. The van der Waals surface area contributed by atoms with Crippen LogP contribution in [0.25, 0.3) is 22.3 Å². The van der Waals surface area contributed by atoms with Crippen molar-refractivity contribution in [3.05, 3.63) is 47.5 Å². The lowest BCUT2D eigenvalue weighted by molar-refractivity contribution is 0.0899. The summed E-state index contributed by atoms with van der Waals surface area (Å²) in [5, 5.41) is 24.8. The topological polar surface area (TPSA) is 134 Å². The van der Waals surface area contributed by atoms with Crippen LogP contribution in [0.4, 0.5) is 5.82 Å². The predicted octanol–water partition coefficient (Wildman–Crippen LogP) is 5.01. The number of nitriles is 2. The molecule has 1 saturated heterocycles. The van der Waals surface area contributed by atoms with Crippen LogP contribution in [0.1, 0.15) is 24.6 Å². The molecule has 5 rings (SSSR count). The third kappa shape index (κ3) is 6.07. The lowest BCUT2D eigenvalue weighted by Crippen LogP contribution is -2.26. The minimum atomic E-state index is -1.15. The molecule has 5 heterocycles. The average Bonchev–Trinajstić information content (AvgIpc) is 3.69.